The maximum absolute atomic E-state index is 13.2. The number of benzene rings is 1. The molecule has 0 bridgehead atoms. The van der Waals surface area contributed by atoms with E-state index in [1.807, 2.05) is 12.1 Å². The van der Waals surface area contributed by atoms with E-state index in [1.165, 1.54) is 11.6 Å². The molecule has 2 nitrogen and oxygen atoms in total. The number of hydrogen-bond donors (Lipinski definition) is 1. The molecule has 0 spiro atoms. The molecule has 3 heteroatoms. The van der Waals surface area contributed by atoms with Crippen LogP contribution in [0.1, 0.15) is 45.2 Å². The Morgan fingerprint density at radius 2 is 2.11 bits per heavy atom. The fourth-order valence-electron chi connectivity index (χ4n) is 1.61. The number of nitriles is 1. The van der Waals surface area contributed by atoms with Gasteiger partial charge in [0.2, 0.25) is 0 Å². The zero-order chi connectivity index (χ0) is 14.5. The molecule has 0 aliphatic rings. The first-order valence-electron chi connectivity index (χ1n) is 6.50. The second-order valence-corrected chi connectivity index (χ2v) is 5.61. The second-order valence-electron chi connectivity index (χ2n) is 5.61. The second kappa shape index (κ2) is 6.49. The zero-order valence-electron chi connectivity index (χ0n) is 12.0. The van der Waals surface area contributed by atoms with Crippen LogP contribution in [-0.2, 0) is 0 Å². The molecule has 1 N–H and O–H groups in total. The maximum Gasteiger partial charge on any atom is 0.140 e. The number of hydrogen-bond acceptors (Lipinski definition) is 2. The summed E-state index contributed by atoms with van der Waals surface area (Å²) in [4.78, 5) is 0. The topological polar surface area (TPSA) is 35.8 Å². The number of nitrogens with zero attached hydrogens (tertiary/aromatic N) is 1. The van der Waals surface area contributed by atoms with Gasteiger partial charge in [0.1, 0.15) is 11.9 Å². The summed E-state index contributed by atoms with van der Waals surface area (Å²) in [5, 5.41) is 12.2. The molecule has 1 aromatic rings. The Labute approximate surface area is 114 Å². The van der Waals surface area contributed by atoms with Gasteiger partial charge in [0.25, 0.3) is 0 Å². The minimum Gasteiger partial charge on any atom is -0.308 e. The first-order chi connectivity index (χ1) is 8.85. The van der Waals surface area contributed by atoms with Crippen molar-refractivity contribution in [1.82, 2.24) is 5.32 Å². The average Bonchev–Trinajstić information content (AvgIpc) is 2.35. The van der Waals surface area contributed by atoms with Gasteiger partial charge in [-0.05, 0) is 44.9 Å². The SMILES string of the molecule is CC/C(=C/c1ccc(F)c(C#N)c1)CNC(C)(C)C. The van der Waals surface area contributed by atoms with E-state index in [9.17, 15) is 4.39 Å². The number of nitrogens with one attached hydrogen (secondary N) is 1. The summed E-state index contributed by atoms with van der Waals surface area (Å²) < 4.78 is 13.2. The molecule has 102 valence electrons. The van der Waals surface area contributed by atoms with Crippen molar-refractivity contribution in [2.24, 2.45) is 0 Å². The highest BCUT2D eigenvalue weighted by Gasteiger charge is 2.09. The lowest BCUT2D eigenvalue weighted by Crippen LogP contribution is -2.36. The molecule has 1 rings (SSSR count). The van der Waals surface area contributed by atoms with E-state index < -0.39 is 5.82 Å². The quantitative estimate of drug-likeness (QED) is 0.891. The largest absolute Gasteiger partial charge is 0.308 e. The van der Waals surface area contributed by atoms with E-state index in [4.69, 9.17) is 5.26 Å². The predicted octanol–water partition coefficient (Wildman–Crippen LogP) is 3.88. The molecule has 1 aromatic carbocycles. The molecular weight excluding hydrogens is 239 g/mol. The minimum atomic E-state index is -0.467. The van der Waals surface area contributed by atoms with Crippen molar-refractivity contribution in [2.75, 3.05) is 6.54 Å². The van der Waals surface area contributed by atoms with E-state index in [1.54, 1.807) is 12.1 Å². The van der Waals surface area contributed by atoms with Gasteiger partial charge in [-0.2, -0.15) is 5.26 Å². The van der Waals surface area contributed by atoms with Crippen molar-refractivity contribution in [2.45, 2.75) is 39.7 Å². The summed E-state index contributed by atoms with van der Waals surface area (Å²) in [5.41, 5.74) is 2.25. The van der Waals surface area contributed by atoms with Crippen LogP contribution in [0.4, 0.5) is 4.39 Å². The van der Waals surface area contributed by atoms with Gasteiger partial charge in [-0.1, -0.05) is 24.6 Å². The third kappa shape index (κ3) is 5.23. The molecule has 0 amide bonds. The third-order valence-electron chi connectivity index (χ3n) is 2.78. The Balaban J connectivity index is 2.89. The van der Waals surface area contributed by atoms with Crippen molar-refractivity contribution in [3.05, 3.63) is 40.7 Å². The lowest BCUT2D eigenvalue weighted by atomic mass is 10.0. The van der Waals surface area contributed by atoms with Crippen molar-refractivity contribution in [1.29, 1.82) is 5.26 Å². The van der Waals surface area contributed by atoms with Gasteiger partial charge >= 0.3 is 0 Å². The van der Waals surface area contributed by atoms with Crippen LogP contribution in [0, 0.1) is 17.1 Å². The highest BCUT2D eigenvalue weighted by Crippen LogP contribution is 2.14. The summed E-state index contributed by atoms with van der Waals surface area (Å²) in [6.45, 7) is 9.23. The first kappa shape index (κ1) is 15.4. The van der Waals surface area contributed by atoms with Crippen LogP contribution in [0.5, 0.6) is 0 Å². The van der Waals surface area contributed by atoms with E-state index in [-0.39, 0.29) is 11.1 Å². The molecule has 0 atom stereocenters. The Morgan fingerprint density at radius 3 is 2.63 bits per heavy atom. The maximum atomic E-state index is 13.2. The van der Waals surface area contributed by atoms with Crippen LogP contribution in [0.2, 0.25) is 0 Å². The van der Waals surface area contributed by atoms with Gasteiger partial charge in [-0.25, -0.2) is 4.39 Å². The summed E-state index contributed by atoms with van der Waals surface area (Å²) in [6, 6.07) is 6.49. The fraction of sp³-hybridized carbons (Fsp3) is 0.438. The van der Waals surface area contributed by atoms with Crippen LogP contribution >= 0.6 is 0 Å². The van der Waals surface area contributed by atoms with E-state index in [0.717, 1.165) is 18.5 Å². The van der Waals surface area contributed by atoms with E-state index in [0.29, 0.717) is 0 Å². The Kier molecular flexibility index (Phi) is 5.26. The van der Waals surface area contributed by atoms with Crippen LogP contribution in [0.3, 0.4) is 0 Å². The Morgan fingerprint density at radius 1 is 1.42 bits per heavy atom. The molecule has 0 heterocycles. The molecule has 0 fully saturated rings. The standard InChI is InChI=1S/C16H21FN2/c1-5-12(11-19-16(2,3)4)8-13-6-7-15(17)14(9-13)10-18/h6-9,19H,5,11H2,1-4H3/b12-8-. The average molecular weight is 260 g/mol. The molecule has 0 unspecified atom stereocenters. The minimum absolute atomic E-state index is 0.0644. The third-order valence-corrected chi connectivity index (χ3v) is 2.78. The van der Waals surface area contributed by atoms with Gasteiger partial charge in [-0.15, -0.1) is 0 Å². The molecule has 0 saturated carbocycles. The lowest BCUT2D eigenvalue weighted by Gasteiger charge is -2.21. The summed E-state index contributed by atoms with van der Waals surface area (Å²) in [7, 11) is 0. The van der Waals surface area contributed by atoms with E-state index in [2.05, 4.69) is 33.0 Å². The van der Waals surface area contributed by atoms with Crippen LogP contribution < -0.4 is 5.32 Å². The predicted molar refractivity (Wildman–Crippen MR) is 77.1 cm³/mol. The molecular formula is C16H21FN2. The van der Waals surface area contributed by atoms with Gasteiger partial charge in [0.05, 0.1) is 5.56 Å². The monoisotopic (exact) mass is 260 g/mol. The molecule has 19 heavy (non-hydrogen) atoms. The van der Waals surface area contributed by atoms with Crippen LogP contribution in [0.25, 0.3) is 6.08 Å². The Hall–Kier alpha value is -1.66. The van der Waals surface area contributed by atoms with Crippen LogP contribution in [0.15, 0.2) is 23.8 Å². The molecule has 0 aromatic heterocycles. The van der Waals surface area contributed by atoms with Crippen molar-refractivity contribution < 1.29 is 4.39 Å². The molecule has 0 saturated heterocycles. The normalized spacial score (nSPS) is 12.3. The van der Waals surface area contributed by atoms with E-state index >= 15 is 0 Å². The molecule has 0 aliphatic heterocycles. The molecule has 0 radical (unpaired) electrons. The zero-order valence-corrected chi connectivity index (χ0v) is 12.0. The highest BCUT2D eigenvalue weighted by atomic mass is 19.1. The van der Waals surface area contributed by atoms with Gasteiger partial charge < -0.3 is 5.32 Å². The number of halogens is 1. The lowest BCUT2D eigenvalue weighted by molar-refractivity contribution is 0.443. The first-order valence-corrected chi connectivity index (χ1v) is 6.50. The van der Waals surface area contributed by atoms with Crippen LogP contribution in [-0.4, -0.2) is 12.1 Å². The van der Waals surface area contributed by atoms with Crippen molar-refractivity contribution in [3.8, 4) is 6.07 Å². The highest BCUT2D eigenvalue weighted by molar-refractivity contribution is 5.55. The van der Waals surface area contributed by atoms with Gasteiger partial charge in [0.15, 0.2) is 0 Å². The summed E-state index contributed by atoms with van der Waals surface area (Å²) in [5.74, 6) is -0.467. The summed E-state index contributed by atoms with van der Waals surface area (Å²) in [6.07, 6.45) is 2.93. The fourth-order valence-corrected chi connectivity index (χ4v) is 1.61. The van der Waals surface area contributed by atoms with Gasteiger partial charge in [-0.3, -0.25) is 0 Å². The molecule has 0 aliphatic carbocycles. The Bertz CT molecular complexity index is 504. The van der Waals surface area contributed by atoms with Crippen molar-refractivity contribution in [3.63, 3.8) is 0 Å². The van der Waals surface area contributed by atoms with Gasteiger partial charge in [0, 0.05) is 12.1 Å². The smallest absolute Gasteiger partial charge is 0.140 e. The van der Waals surface area contributed by atoms with Crippen molar-refractivity contribution >= 4 is 6.08 Å². The summed E-state index contributed by atoms with van der Waals surface area (Å²) >= 11 is 0. The number of rotatable bonds is 4.